The number of hydrogen-bond donors (Lipinski definition) is 1. The van der Waals surface area contributed by atoms with E-state index in [4.69, 9.17) is 16.0 Å². The summed E-state index contributed by atoms with van der Waals surface area (Å²) in [6.45, 7) is 0.503. The Labute approximate surface area is 148 Å². The molecular weight excluding hydrogens is 350 g/mol. The van der Waals surface area contributed by atoms with Gasteiger partial charge in [0.2, 0.25) is 0 Å². The zero-order valence-electron chi connectivity index (χ0n) is 12.9. The number of halogens is 1. The van der Waals surface area contributed by atoms with Crippen LogP contribution in [0.5, 0.6) is 0 Å². The van der Waals surface area contributed by atoms with E-state index in [-0.39, 0.29) is 24.1 Å². The van der Waals surface area contributed by atoms with Crippen molar-refractivity contribution in [1.29, 1.82) is 0 Å². The number of amides is 1. The Hall–Kier alpha value is -1.92. The minimum absolute atomic E-state index is 0.163. The van der Waals surface area contributed by atoms with Crippen LogP contribution in [0.2, 0.25) is 5.02 Å². The largest absolute Gasteiger partial charge is 0.481 e. The minimum atomic E-state index is -0.908. The average Bonchev–Trinajstić information content (AvgIpc) is 3.22. The number of rotatable bonds is 4. The van der Waals surface area contributed by atoms with Gasteiger partial charge < -0.3 is 14.4 Å². The summed E-state index contributed by atoms with van der Waals surface area (Å²) in [6, 6.07) is 10.5. The van der Waals surface area contributed by atoms with Crippen molar-refractivity contribution in [2.45, 2.75) is 11.0 Å². The molecule has 1 aliphatic heterocycles. The van der Waals surface area contributed by atoms with Gasteiger partial charge in [-0.15, -0.1) is 0 Å². The van der Waals surface area contributed by atoms with E-state index in [9.17, 15) is 14.7 Å². The van der Waals surface area contributed by atoms with Crippen LogP contribution in [-0.2, 0) is 4.79 Å². The molecule has 5 nitrogen and oxygen atoms in total. The number of carbonyl (C=O) groups is 2. The second-order valence-electron chi connectivity index (χ2n) is 5.64. The van der Waals surface area contributed by atoms with Gasteiger partial charge in [0.25, 0.3) is 5.91 Å². The van der Waals surface area contributed by atoms with Crippen molar-refractivity contribution in [3.63, 3.8) is 0 Å². The van der Waals surface area contributed by atoms with E-state index >= 15 is 0 Å². The molecule has 1 N–H and O–H groups in total. The first-order chi connectivity index (χ1) is 11.5. The number of carbonyl (C=O) groups excluding carboxylic acids is 1. The Morgan fingerprint density at radius 1 is 1.21 bits per heavy atom. The Bertz CT molecular complexity index is 758. The molecule has 2 heterocycles. The molecule has 0 radical (unpaired) electrons. The number of carboxylic acids is 1. The van der Waals surface area contributed by atoms with Gasteiger partial charge in [0.15, 0.2) is 10.9 Å². The summed E-state index contributed by atoms with van der Waals surface area (Å²) < 4.78 is 5.47. The quantitative estimate of drug-likeness (QED) is 0.838. The molecule has 0 saturated carbocycles. The maximum absolute atomic E-state index is 12.6. The molecule has 3 rings (SSSR count). The van der Waals surface area contributed by atoms with Crippen LogP contribution in [0.4, 0.5) is 0 Å². The molecule has 1 fully saturated rings. The average molecular weight is 366 g/mol. The first-order valence-corrected chi connectivity index (χ1v) is 9.01. The molecule has 2 aromatic rings. The number of benzene rings is 1. The molecule has 1 saturated heterocycles. The summed E-state index contributed by atoms with van der Waals surface area (Å²) in [7, 11) is 0. The van der Waals surface area contributed by atoms with Crippen LogP contribution in [0.15, 0.2) is 45.9 Å². The Morgan fingerprint density at radius 3 is 2.50 bits per heavy atom. The Balaban J connectivity index is 1.83. The van der Waals surface area contributed by atoms with E-state index in [2.05, 4.69) is 0 Å². The summed E-state index contributed by atoms with van der Waals surface area (Å²) in [4.78, 5) is 25.7. The summed E-state index contributed by atoms with van der Waals surface area (Å²) in [5.41, 5.74) is 0.867. The van der Waals surface area contributed by atoms with E-state index in [1.54, 1.807) is 29.2 Å². The lowest BCUT2D eigenvalue weighted by molar-refractivity contribution is -0.141. The fourth-order valence-corrected chi connectivity index (χ4v) is 3.47. The van der Waals surface area contributed by atoms with Crippen molar-refractivity contribution in [1.82, 2.24) is 4.90 Å². The smallest absolute Gasteiger partial charge is 0.308 e. The fourth-order valence-electron chi connectivity index (χ4n) is 2.97. The maximum Gasteiger partial charge on any atom is 0.308 e. The molecule has 0 bridgehead atoms. The van der Waals surface area contributed by atoms with Gasteiger partial charge in [0, 0.05) is 24.0 Å². The second-order valence-corrected chi connectivity index (χ2v) is 6.88. The van der Waals surface area contributed by atoms with Gasteiger partial charge in [0.05, 0.1) is 5.92 Å². The van der Waals surface area contributed by atoms with Crippen molar-refractivity contribution in [2.24, 2.45) is 5.92 Å². The van der Waals surface area contributed by atoms with E-state index in [0.29, 0.717) is 16.7 Å². The van der Waals surface area contributed by atoms with Crippen LogP contribution in [-0.4, -0.2) is 41.2 Å². The summed E-state index contributed by atoms with van der Waals surface area (Å²) in [5.74, 6) is -1.86. The molecule has 1 aromatic heterocycles. The topological polar surface area (TPSA) is 70.8 Å². The standard InChI is InChI=1S/C17H16ClNO4S/c1-24-15-7-6-14(23-15)16(20)19-8-12(13(9-19)17(21)22)10-2-4-11(18)5-3-10/h2-7,12-13H,8-9H2,1H3,(H,21,22)/t12-,13+/m0/s1. The number of likely N-dealkylation sites (tertiary alicyclic amines) is 1. The summed E-state index contributed by atoms with van der Waals surface area (Å²) in [5, 5.41) is 10.8. The molecule has 1 aromatic carbocycles. The third kappa shape index (κ3) is 3.30. The van der Waals surface area contributed by atoms with Crippen LogP contribution >= 0.6 is 23.4 Å². The molecule has 0 unspecified atom stereocenters. The van der Waals surface area contributed by atoms with Crippen molar-refractivity contribution in [2.75, 3.05) is 19.3 Å². The van der Waals surface area contributed by atoms with Crippen molar-refractivity contribution < 1.29 is 19.1 Å². The number of carboxylic acid groups (broad SMARTS) is 1. The van der Waals surface area contributed by atoms with Crippen LogP contribution < -0.4 is 0 Å². The number of aliphatic carboxylic acids is 1. The van der Waals surface area contributed by atoms with Gasteiger partial charge in [0.1, 0.15) is 0 Å². The molecule has 0 aliphatic carbocycles. The van der Waals surface area contributed by atoms with Crippen LogP contribution in [0.25, 0.3) is 0 Å². The highest BCUT2D eigenvalue weighted by molar-refractivity contribution is 7.98. The van der Waals surface area contributed by atoms with Gasteiger partial charge in [-0.2, -0.15) is 0 Å². The first kappa shape index (κ1) is 16.9. The molecule has 0 spiro atoms. The van der Waals surface area contributed by atoms with E-state index in [1.807, 2.05) is 18.4 Å². The lowest BCUT2D eigenvalue weighted by Crippen LogP contribution is -2.29. The summed E-state index contributed by atoms with van der Waals surface area (Å²) in [6.07, 6.45) is 1.86. The molecule has 24 heavy (non-hydrogen) atoms. The van der Waals surface area contributed by atoms with Gasteiger partial charge >= 0.3 is 5.97 Å². The maximum atomic E-state index is 12.6. The van der Waals surface area contributed by atoms with E-state index in [1.165, 1.54) is 11.8 Å². The van der Waals surface area contributed by atoms with E-state index in [0.717, 1.165) is 5.56 Å². The van der Waals surface area contributed by atoms with Crippen molar-refractivity contribution in [3.8, 4) is 0 Å². The van der Waals surface area contributed by atoms with Gasteiger partial charge in [-0.3, -0.25) is 9.59 Å². The molecule has 126 valence electrons. The minimum Gasteiger partial charge on any atom is -0.481 e. The highest BCUT2D eigenvalue weighted by atomic mass is 35.5. The SMILES string of the molecule is CSc1ccc(C(=O)N2C[C@@H](C(=O)O)[C@H](c3ccc(Cl)cc3)C2)o1. The molecule has 7 heteroatoms. The zero-order chi connectivity index (χ0) is 17.3. The molecule has 1 aliphatic rings. The normalized spacial score (nSPS) is 20.3. The highest BCUT2D eigenvalue weighted by Gasteiger charge is 2.41. The van der Waals surface area contributed by atoms with Gasteiger partial charge in [-0.05, 0) is 36.1 Å². The second kappa shape index (κ2) is 6.91. The number of thioether (sulfide) groups is 1. The number of hydrogen-bond acceptors (Lipinski definition) is 4. The van der Waals surface area contributed by atoms with Crippen LogP contribution in [0, 0.1) is 5.92 Å². The zero-order valence-corrected chi connectivity index (χ0v) is 14.5. The summed E-state index contributed by atoms with van der Waals surface area (Å²) >= 11 is 7.31. The van der Waals surface area contributed by atoms with Crippen molar-refractivity contribution in [3.05, 3.63) is 52.7 Å². The molecular formula is C17H16ClNO4S. The lowest BCUT2D eigenvalue weighted by Gasteiger charge is -2.15. The molecule has 2 atom stereocenters. The highest BCUT2D eigenvalue weighted by Crippen LogP contribution is 2.34. The number of furan rings is 1. The third-order valence-corrected chi connectivity index (χ3v) is 5.09. The Kier molecular flexibility index (Phi) is 4.87. The predicted octanol–water partition coefficient (Wildman–Crippen LogP) is 3.60. The van der Waals surface area contributed by atoms with Gasteiger partial charge in [-0.25, -0.2) is 0 Å². The first-order valence-electron chi connectivity index (χ1n) is 7.41. The van der Waals surface area contributed by atoms with E-state index < -0.39 is 11.9 Å². The lowest BCUT2D eigenvalue weighted by atomic mass is 9.89. The van der Waals surface area contributed by atoms with Crippen LogP contribution in [0.3, 0.4) is 0 Å². The van der Waals surface area contributed by atoms with Gasteiger partial charge in [-0.1, -0.05) is 35.5 Å². The fraction of sp³-hybridized carbons (Fsp3) is 0.294. The monoisotopic (exact) mass is 365 g/mol. The Morgan fingerprint density at radius 2 is 1.92 bits per heavy atom. The molecule has 1 amide bonds. The van der Waals surface area contributed by atoms with Crippen LogP contribution in [0.1, 0.15) is 22.0 Å². The van der Waals surface area contributed by atoms with Crippen molar-refractivity contribution >= 4 is 35.2 Å². The number of nitrogens with zero attached hydrogens (tertiary/aromatic N) is 1. The third-order valence-electron chi connectivity index (χ3n) is 4.22. The predicted molar refractivity (Wildman–Crippen MR) is 91.7 cm³/mol.